The van der Waals surface area contributed by atoms with Crippen molar-refractivity contribution in [3.05, 3.63) is 29.8 Å². The van der Waals surface area contributed by atoms with Gasteiger partial charge in [-0.05, 0) is 56.2 Å². The molecule has 2 aliphatic rings. The van der Waals surface area contributed by atoms with Gasteiger partial charge in [0.25, 0.3) is 5.91 Å². The van der Waals surface area contributed by atoms with Gasteiger partial charge in [0.15, 0.2) is 0 Å². The lowest BCUT2D eigenvalue weighted by Crippen LogP contribution is -2.47. The quantitative estimate of drug-likeness (QED) is 0.827. The molecule has 2 aliphatic heterocycles. The van der Waals surface area contributed by atoms with Crippen LogP contribution in [0.15, 0.2) is 24.3 Å². The van der Waals surface area contributed by atoms with Gasteiger partial charge in [-0.1, -0.05) is 0 Å². The van der Waals surface area contributed by atoms with Crippen LogP contribution in [0.2, 0.25) is 0 Å². The van der Waals surface area contributed by atoms with Crippen LogP contribution in [0, 0.1) is 0 Å². The molecule has 1 amide bonds. The maximum atomic E-state index is 12.7. The summed E-state index contributed by atoms with van der Waals surface area (Å²) in [6, 6.07) is 5.70. The van der Waals surface area contributed by atoms with E-state index in [9.17, 15) is 18.0 Å². The molecule has 0 aromatic heterocycles. The van der Waals surface area contributed by atoms with Gasteiger partial charge in [-0.15, -0.1) is 13.2 Å². The Hall–Kier alpha value is -1.37. The Labute approximate surface area is 137 Å². The van der Waals surface area contributed by atoms with Gasteiger partial charge in [-0.25, -0.2) is 0 Å². The van der Waals surface area contributed by atoms with Crippen molar-refractivity contribution in [2.45, 2.75) is 49.4 Å². The van der Waals surface area contributed by atoms with E-state index in [1.165, 1.54) is 24.3 Å². The average molecular weight is 345 g/mol. The molecule has 1 aromatic carbocycles. The van der Waals surface area contributed by atoms with Crippen LogP contribution >= 0.6 is 11.8 Å². The van der Waals surface area contributed by atoms with E-state index in [4.69, 9.17) is 0 Å². The molecule has 3 atom stereocenters. The molecule has 3 nitrogen and oxygen atoms in total. The SMILES string of the molecule is CSC1C[C@H]2CC[C@@H](C1)N2C(=O)c1ccc(OC(F)(F)F)cc1. The van der Waals surface area contributed by atoms with E-state index in [0.717, 1.165) is 25.7 Å². The van der Waals surface area contributed by atoms with Gasteiger partial charge in [0, 0.05) is 22.9 Å². The standard InChI is InChI=1S/C16H18F3NO2S/c1-23-14-8-11-4-5-12(9-14)20(11)15(21)10-2-6-13(7-3-10)22-16(17,18)19/h2-3,6-7,11-12,14H,4-5,8-9H2,1H3/t11-,12+,14?. The summed E-state index contributed by atoms with van der Waals surface area (Å²) >= 11 is 1.85. The summed E-state index contributed by atoms with van der Waals surface area (Å²) in [6.45, 7) is 0. The van der Waals surface area contributed by atoms with Crippen molar-refractivity contribution in [2.24, 2.45) is 0 Å². The van der Waals surface area contributed by atoms with Gasteiger partial charge in [-0.3, -0.25) is 4.79 Å². The highest BCUT2D eigenvalue weighted by Gasteiger charge is 2.43. The molecule has 2 heterocycles. The molecule has 2 bridgehead atoms. The molecule has 0 radical (unpaired) electrons. The number of ether oxygens (including phenoxy) is 1. The van der Waals surface area contributed by atoms with Crippen molar-refractivity contribution in [3.8, 4) is 5.75 Å². The van der Waals surface area contributed by atoms with Crippen LogP contribution in [0.25, 0.3) is 0 Å². The van der Waals surface area contributed by atoms with Gasteiger partial charge in [-0.2, -0.15) is 11.8 Å². The number of hydrogen-bond acceptors (Lipinski definition) is 3. The third-order valence-electron chi connectivity index (χ3n) is 4.59. The number of piperidine rings is 1. The van der Waals surface area contributed by atoms with Crippen molar-refractivity contribution in [2.75, 3.05) is 6.26 Å². The monoisotopic (exact) mass is 345 g/mol. The normalized spacial score (nSPS) is 27.1. The van der Waals surface area contributed by atoms with E-state index in [1.54, 1.807) is 0 Å². The maximum Gasteiger partial charge on any atom is 0.573 e. The highest BCUT2D eigenvalue weighted by molar-refractivity contribution is 7.99. The van der Waals surface area contributed by atoms with E-state index in [2.05, 4.69) is 11.0 Å². The zero-order valence-electron chi connectivity index (χ0n) is 12.7. The van der Waals surface area contributed by atoms with Gasteiger partial charge in [0.2, 0.25) is 0 Å². The van der Waals surface area contributed by atoms with Crippen molar-refractivity contribution in [1.29, 1.82) is 0 Å². The van der Waals surface area contributed by atoms with Crippen LogP contribution in [0.4, 0.5) is 13.2 Å². The van der Waals surface area contributed by atoms with Crippen LogP contribution in [0.1, 0.15) is 36.0 Å². The molecule has 3 rings (SSSR count). The number of hydrogen-bond donors (Lipinski definition) is 0. The van der Waals surface area contributed by atoms with E-state index < -0.39 is 6.36 Å². The topological polar surface area (TPSA) is 29.5 Å². The van der Waals surface area contributed by atoms with E-state index in [0.29, 0.717) is 10.8 Å². The molecule has 2 saturated heterocycles. The van der Waals surface area contributed by atoms with Gasteiger partial charge >= 0.3 is 6.36 Å². The van der Waals surface area contributed by atoms with Crippen molar-refractivity contribution >= 4 is 17.7 Å². The number of alkyl halides is 3. The smallest absolute Gasteiger partial charge is 0.406 e. The molecule has 0 aliphatic carbocycles. The molecule has 0 spiro atoms. The van der Waals surface area contributed by atoms with Gasteiger partial charge in [0.1, 0.15) is 5.75 Å². The molecule has 7 heteroatoms. The predicted molar refractivity (Wildman–Crippen MR) is 82.6 cm³/mol. The zero-order chi connectivity index (χ0) is 16.6. The minimum atomic E-state index is -4.72. The summed E-state index contributed by atoms with van der Waals surface area (Å²) in [7, 11) is 0. The van der Waals surface area contributed by atoms with Crippen molar-refractivity contribution in [3.63, 3.8) is 0 Å². The largest absolute Gasteiger partial charge is 0.573 e. The first-order valence-electron chi connectivity index (χ1n) is 7.58. The Bertz CT molecular complexity index is 562. The Balaban J connectivity index is 1.71. The van der Waals surface area contributed by atoms with Crippen LogP contribution in [0.5, 0.6) is 5.75 Å². The Kier molecular flexibility index (Phi) is 4.49. The Morgan fingerprint density at radius 1 is 1.17 bits per heavy atom. The number of benzene rings is 1. The Morgan fingerprint density at radius 3 is 2.22 bits per heavy atom. The highest BCUT2D eigenvalue weighted by atomic mass is 32.2. The number of carbonyl (C=O) groups excluding carboxylic acids is 1. The lowest BCUT2D eigenvalue weighted by molar-refractivity contribution is -0.274. The minimum Gasteiger partial charge on any atom is -0.406 e. The lowest BCUT2D eigenvalue weighted by Gasteiger charge is -2.38. The van der Waals surface area contributed by atoms with Crippen LogP contribution in [-0.2, 0) is 0 Å². The summed E-state index contributed by atoms with van der Waals surface area (Å²) < 4.78 is 40.4. The fourth-order valence-electron chi connectivity index (χ4n) is 3.60. The summed E-state index contributed by atoms with van der Waals surface area (Å²) in [4.78, 5) is 14.6. The third-order valence-corrected chi connectivity index (χ3v) is 5.64. The number of carbonyl (C=O) groups is 1. The number of nitrogens with zero attached hydrogens (tertiary/aromatic N) is 1. The molecule has 0 saturated carbocycles. The average Bonchev–Trinajstić information content (AvgIpc) is 2.76. The van der Waals surface area contributed by atoms with Crippen LogP contribution in [-0.4, -0.2) is 40.8 Å². The van der Waals surface area contributed by atoms with Crippen LogP contribution in [0.3, 0.4) is 0 Å². The zero-order valence-corrected chi connectivity index (χ0v) is 13.5. The van der Waals surface area contributed by atoms with E-state index >= 15 is 0 Å². The molecule has 23 heavy (non-hydrogen) atoms. The van der Waals surface area contributed by atoms with E-state index in [-0.39, 0.29) is 23.7 Å². The predicted octanol–water partition coefficient (Wildman–Crippen LogP) is 4.08. The molecule has 1 aromatic rings. The van der Waals surface area contributed by atoms with Crippen molar-refractivity contribution < 1.29 is 22.7 Å². The molecule has 1 unspecified atom stereocenters. The number of fused-ring (bicyclic) bond motifs is 2. The highest BCUT2D eigenvalue weighted by Crippen LogP contribution is 2.40. The third kappa shape index (κ3) is 3.59. The first-order chi connectivity index (χ1) is 10.9. The minimum absolute atomic E-state index is 0.0874. The second-order valence-corrected chi connectivity index (χ2v) is 7.14. The lowest BCUT2D eigenvalue weighted by atomic mass is 10.0. The Morgan fingerprint density at radius 2 is 1.74 bits per heavy atom. The van der Waals surface area contributed by atoms with E-state index in [1.807, 2.05) is 16.7 Å². The molecule has 0 N–H and O–H groups in total. The summed E-state index contributed by atoms with van der Waals surface area (Å²) in [5.41, 5.74) is 0.416. The first-order valence-corrected chi connectivity index (χ1v) is 8.87. The fraction of sp³-hybridized carbons (Fsp3) is 0.562. The second kappa shape index (κ2) is 6.26. The fourth-order valence-corrected chi connectivity index (χ4v) is 4.43. The maximum absolute atomic E-state index is 12.7. The number of amides is 1. The molecular formula is C16H18F3NO2S. The number of rotatable bonds is 3. The summed E-state index contributed by atoms with van der Waals surface area (Å²) in [5, 5.41) is 0.596. The first kappa shape index (κ1) is 16.5. The molecule has 126 valence electrons. The number of halogens is 3. The van der Waals surface area contributed by atoms with Gasteiger partial charge in [0.05, 0.1) is 0 Å². The summed E-state index contributed by atoms with van der Waals surface area (Å²) in [5.74, 6) is -0.395. The number of thioether (sulfide) groups is 1. The van der Waals surface area contributed by atoms with Crippen LogP contribution < -0.4 is 4.74 Å². The molecule has 2 fully saturated rings. The molecular weight excluding hydrogens is 327 g/mol. The second-order valence-electron chi connectivity index (χ2n) is 6.00. The van der Waals surface area contributed by atoms with Crippen molar-refractivity contribution in [1.82, 2.24) is 4.90 Å². The van der Waals surface area contributed by atoms with Gasteiger partial charge < -0.3 is 9.64 Å². The summed E-state index contributed by atoms with van der Waals surface area (Å²) in [6.07, 6.45) is 1.41.